The minimum atomic E-state index is 0.631. The number of hydrogen-bond donors (Lipinski definition) is 1. The fourth-order valence-corrected chi connectivity index (χ4v) is 3.21. The average Bonchev–Trinajstić information content (AvgIpc) is 2.81. The Morgan fingerprint density at radius 3 is 2.84 bits per heavy atom. The van der Waals surface area contributed by atoms with Gasteiger partial charge < -0.3 is 10.3 Å². The molecule has 0 amide bonds. The van der Waals surface area contributed by atoms with E-state index in [1.54, 1.807) is 0 Å². The summed E-state index contributed by atoms with van der Waals surface area (Å²) in [5.74, 6) is 0.631. The first-order chi connectivity index (χ1) is 9.33. The molecular weight excluding hydrogens is 232 g/mol. The molecule has 0 bridgehead atoms. The zero-order valence-electron chi connectivity index (χ0n) is 10.7. The van der Waals surface area contributed by atoms with Crippen molar-refractivity contribution in [2.24, 2.45) is 0 Å². The van der Waals surface area contributed by atoms with Crippen LogP contribution < -0.4 is 5.73 Å². The Kier molecular flexibility index (Phi) is 2.18. The largest absolute Gasteiger partial charge is 0.397 e. The van der Waals surface area contributed by atoms with E-state index >= 15 is 0 Å². The summed E-state index contributed by atoms with van der Waals surface area (Å²) in [7, 11) is 0. The van der Waals surface area contributed by atoms with Gasteiger partial charge in [-0.3, -0.25) is 0 Å². The standard InChI is InChI=1S/C17H16N2/c18-16-7-3-5-12-8-9-19(17(12)16)11-14-10-13-4-1-2-6-15(13)14/h1-9,14H,10-11,18H2. The van der Waals surface area contributed by atoms with Crippen molar-refractivity contribution in [3.63, 3.8) is 0 Å². The number of anilines is 1. The van der Waals surface area contributed by atoms with Crippen LogP contribution in [0.4, 0.5) is 5.69 Å². The summed E-state index contributed by atoms with van der Waals surface area (Å²) in [5, 5.41) is 1.23. The third-order valence-electron chi connectivity index (χ3n) is 4.20. The highest BCUT2D eigenvalue weighted by Gasteiger charge is 2.25. The zero-order valence-corrected chi connectivity index (χ0v) is 10.7. The number of nitrogen functional groups attached to an aromatic ring is 1. The molecule has 0 saturated heterocycles. The van der Waals surface area contributed by atoms with E-state index in [9.17, 15) is 0 Å². The molecule has 19 heavy (non-hydrogen) atoms. The van der Waals surface area contributed by atoms with Crippen molar-refractivity contribution in [3.05, 3.63) is 65.9 Å². The van der Waals surface area contributed by atoms with Gasteiger partial charge in [-0.25, -0.2) is 0 Å². The molecule has 0 aliphatic heterocycles. The zero-order chi connectivity index (χ0) is 12.8. The Bertz CT molecular complexity index is 755. The second-order valence-electron chi connectivity index (χ2n) is 5.35. The SMILES string of the molecule is Nc1cccc2ccn(CC3Cc4ccccc43)c12. The second kappa shape index (κ2) is 3.89. The maximum absolute atomic E-state index is 6.11. The quantitative estimate of drug-likeness (QED) is 0.691. The highest BCUT2D eigenvalue weighted by atomic mass is 15.0. The Morgan fingerprint density at radius 2 is 1.95 bits per heavy atom. The van der Waals surface area contributed by atoms with Crippen molar-refractivity contribution in [2.75, 3.05) is 5.73 Å². The van der Waals surface area contributed by atoms with Gasteiger partial charge in [0.25, 0.3) is 0 Å². The third kappa shape index (κ3) is 1.56. The van der Waals surface area contributed by atoms with Crippen molar-refractivity contribution >= 4 is 16.6 Å². The Balaban J connectivity index is 1.71. The molecule has 2 heteroatoms. The van der Waals surface area contributed by atoms with Gasteiger partial charge in [0.15, 0.2) is 0 Å². The Hall–Kier alpha value is -2.22. The number of hydrogen-bond acceptors (Lipinski definition) is 1. The van der Waals surface area contributed by atoms with Crippen LogP contribution in [0.5, 0.6) is 0 Å². The first-order valence-corrected chi connectivity index (χ1v) is 6.74. The number of nitrogens with two attached hydrogens (primary N) is 1. The lowest BCUT2D eigenvalue weighted by Crippen LogP contribution is -2.21. The Morgan fingerprint density at radius 1 is 1.05 bits per heavy atom. The first kappa shape index (κ1) is 10.7. The van der Waals surface area contributed by atoms with E-state index in [1.165, 1.54) is 28.5 Å². The van der Waals surface area contributed by atoms with Gasteiger partial charge in [-0.1, -0.05) is 36.4 Å². The minimum Gasteiger partial charge on any atom is -0.397 e. The topological polar surface area (TPSA) is 30.9 Å². The maximum atomic E-state index is 6.11. The lowest BCUT2D eigenvalue weighted by molar-refractivity contribution is 0.519. The Labute approximate surface area is 112 Å². The molecule has 1 heterocycles. The highest BCUT2D eigenvalue weighted by Crippen LogP contribution is 2.37. The summed E-state index contributed by atoms with van der Waals surface area (Å²) in [6.07, 6.45) is 3.34. The van der Waals surface area contributed by atoms with Gasteiger partial charge in [0.1, 0.15) is 0 Å². The monoisotopic (exact) mass is 248 g/mol. The molecule has 3 aromatic rings. The summed E-state index contributed by atoms with van der Waals surface area (Å²) >= 11 is 0. The van der Waals surface area contributed by atoms with Crippen molar-refractivity contribution < 1.29 is 0 Å². The number of aromatic nitrogens is 1. The maximum Gasteiger partial charge on any atom is 0.0714 e. The molecule has 1 aromatic heterocycles. The molecule has 1 unspecified atom stereocenters. The lowest BCUT2D eigenvalue weighted by atomic mass is 9.77. The van der Waals surface area contributed by atoms with Gasteiger partial charge >= 0.3 is 0 Å². The van der Waals surface area contributed by atoms with Crippen molar-refractivity contribution in [3.8, 4) is 0 Å². The summed E-state index contributed by atoms with van der Waals surface area (Å²) in [6.45, 7) is 1.02. The first-order valence-electron chi connectivity index (χ1n) is 6.74. The minimum absolute atomic E-state index is 0.631. The van der Waals surface area contributed by atoms with E-state index in [1.807, 2.05) is 12.1 Å². The van der Waals surface area contributed by atoms with E-state index in [0.29, 0.717) is 5.92 Å². The van der Waals surface area contributed by atoms with Crippen LogP contribution in [0.2, 0.25) is 0 Å². The third-order valence-corrected chi connectivity index (χ3v) is 4.20. The van der Waals surface area contributed by atoms with E-state index in [-0.39, 0.29) is 0 Å². The van der Waals surface area contributed by atoms with Crippen LogP contribution in [-0.2, 0) is 13.0 Å². The van der Waals surface area contributed by atoms with Gasteiger partial charge in [0.2, 0.25) is 0 Å². The number of nitrogens with zero attached hydrogens (tertiary/aromatic N) is 1. The normalized spacial score (nSPS) is 17.2. The molecule has 2 N–H and O–H groups in total. The molecule has 0 radical (unpaired) electrons. The molecular formula is C17H16N2. The van der Waals surface area contributed by atoms with Crippen LogP contribution in [0, 0.1) is 0 Å². The van der Waals surface area contributed by atoms with Crippen LogP contribution in [-0.4, -0.2) is 4.57 Å². The van der Waals surface area contributed by atoms with Gasteiger partial charge in [-0.15, -0.1) is 0 Å². The summed E-state index contributed by atoms with van der Waals surface area (Å²) < 4.78 is 2.30. The number of benzene rings is 2. The van der Waals surface area contributed by atoms with Gasteiger partial charge in [0, 0.05) is 24.0 Å². The van der Waals surface area contributed by atoms with Crippen LogP contribution >= 0.6 is 0 Å². The molecule has 1 aliphatic rings. The van der Waals surface area contributed by atoms with E-state index in [2.05, 4.69) is 47.2 Å². The molecule has 2 aromatic carbocycles. The molecule has 4 rings (SSSR count). The van der Waals surface area contributed by atoms with Crippen molar-refractivity contribution in [2.45, 2.75) is 18.9 Å². The van der Waals surface area contributed by atoms with E-state index < -0.39 is 0 Å². The smallest absolute Gasteiger partial charge is 0.0714 e. The van der Waals surface area contributed by atoms with Crippen LogP contribution in [0.15, 0.2) is 54.7 Å². The van der Waals surface area contributed by atoms with E-state index in [4.69, 9.17) is 5.73 Å². The molecule has 94 valence electrons. The predicted molar refractivity (Wildman–Crippen MR) is 79.2 cm³/mol. The predicted octanol–water partition coefficient (Wildman–Crippen LogP) is 3.56. The average molecular weight is 248 g/mol. The fourth-order valence-electron chi connectivity index (χ4n) is 3.21. The highest BCUT2D eigenvalue weighted by molar-refractivity contribution is 5.90. The lowest BCUT2D eigenvalue weighted by Gasteiger charge is -2.30. The molecule has 0 saturated carbocycles. The second-order valence-corrected chi connectivity index (χ2v) is 5.35. The van der Waals surface area contributed by atoms with Crippen molar-refractivity contribution in [1.29, 1.82) is 0 Å². The molecule has 0 spiro atoms. The number of para-hydroxylation sites is 1. The molecule has 1 aliphatic carbocycles. The number of rotatable bonds is 2. The van der Waals surface area contributed by atoms with Gasteiger partial charge in [0.05, 0.1) is 11.2 Å². The van der Waals surface area contributed by atoms with Crippen LogP contribution in [0.25, 0.3) is 10.9 Å². The summed E-state index contributed by atoms with van der Waals surface area (Å²) in [6, 6.07) is 17.0. The van der Waals surface area contributed by atoms with Crippen molar-refractivity contribution in [1.82, 2.24) is 4.57 Å². The summed E-state index contributed by atoms with van der Waals surface area (Å²) in [4.78, 5) is 0. The molecule has 1 atom stereocenters. The van der Waals surface area contributed by atoms with E-state index in [0.717, 1.165) is 12.2 Å². The van der Waals surface area contributed by atoms with Gasteiger partial charge in [-0.05, 0) is 29.7 Å². The van der Waals surface area contributed by atoms with Crippen LogP contribution in [0.3, 0.4) is 0 Å². The molecule has 2 nitrogen and oxygen atoms in total. The van der Waals surface area contributed by atoms with Crippen LogP contribution in [0.1, 0.15) is 17.0 Å². The fraction of sp³-hybridized carbons (Fsp3) is 0.176. The number of fused-ring (bicyclic) bond motifs is 2. The summed E-state index contributed by atoms with van der Waals surface area (Å²) in [5.41, 5.74) is 11.2. The molecule has 0 fully saturated rings. The van der Waals surface area contributed by atoms with Gasteiger partial charge in [-0.2, -0.15) is 0 Å².